The lowest BCUT2D eigenvalue weighted by Gasteiger charge is -2.08. The quantitative estimate of drug-likeness (QED) is 0.399. The summed E-state index contributed by atoms with van der Waals surface area (Å²) in [5.41, 5.74) is 2.77. The lowest BCUT2D eigenvalue weighted by Crippen LogP contribution is -2.20. The van der Waals surface area contributed by atoms with Crippen LogP contribution in [-0.2, 0) is 17.9 Å². The number of amides is 1. The molecular formula is C19H18IN3O3S. The van der Waals surface area contributed by atoms with Crippen molar-refractivity contribution in [2.45, 2.75) is 27.0 Å². The molecule has 1 heterocycles. The number of nitrogens with zero attached hydrogens (tertiary/aromatic N) is 2. The molecule has 140 valence electrons. The monoisotopic (exact) mass is 495 g/mol. The van der Waals surface area contributed by atoms with Gasteiger partial charge in [-0.25, -0.2) is 4.68 Å². The van der Waals surface area contributed by atoms with Gasteiger partial charge >= 0.3 is 0 Å². The number of carbonyl (C=O) groups is 1. The number of hydrogen-bond acceptors (Lipinski definition) is 5. The van der Waals surface area contributed by atoms with Crippen LogP contribution in [0.1, 0.15) is 17.0 Å². The summed E-state index contributed by atoms with van der Waals surface area (Å²) in [4.78, 5) is 12.4. The maximum Gasteiger partial charge on any atom is 0.287 e. The van der Waals surface area contributed by atoms with Crippen molar-refractivity contribution in [3.8, 4) is 5.75 Å². The van der Waals surface area contributed by atoms with Gasteiger partial charge in [-0.2, -0.15) is 0 Å². The van der Waals surface area contributed by atoms with Crippen LogP contribution in [0.3, 0.4) is 0 Å². The first-order valence-electron chi connectivity index (χ1n) is 8.23. The van der Waals surface area contributed by atoms with Gasteiger partial charge in [-0.05, 0) is 84.0 Å². The normalized spacial score (nSPS) is 10.6. The number of nitrogens with one attached hydrogen (secondary N) is 1. The van der Waals surface area contributed by atoms with Crippen molar-refractivity contribution < 1.29 is 13.9 Å². The van der Waals surface area contributed by atoms with Crippen LogP contribution < -0.4 is 10.1 Å². The maximum absolute atomic E-state index is 12.3. The van der Waals surface area contributed by atoms with Crippen LogP contribution in [0.4, 0.5) is 5.69 Å². The van der Waals surface area contributed by atoms with Gasteiger partial charge in [0.05, 0.1) is 0 Å². The van der Waals surface area contributed by atoms with E-state index in [2.05, 4.69) is 33.0 Å². The maximum atomic E-state index is 12.3. The van der Waals surface area contributed by atoms with Crippen molar-refractivity contribution in [1.82, 2.24) is 9.78 Å². The zero-order valence-electron chi connectivity index (χ0n) is 14.9. The van der Waals surface area contributed by atoms with Crippen LogP contribution in [0.25, 0.3) is 0 Å². The summed E-state index contributed by atoms with van der Waals surface area (Å²) in [6.07, 6.45) is 0. The second kappa shape index (κ2) is 8.66. The number of halogens is 1. The van der Waals surface area contributed by atoms with Crippen LogP contribution in [0.15, 0.2) is 46.9 Å². The number of hydrogen-bond donors (Lipinski definition) is 1. The van der Waals surface area contributed by atoms with Crippen molar-refractivity contribution >= 4 is 46.4 Å². The van der Waals surface area contributed by atoms with Crippen molar-refractivity contribution in [1.29, 1.82) is 0 Å². The predicted molar refractivity (Wildman–Crippen MR) is 113 cm³/mol. The van der Waals surface area contributed by atoms with E-state index in [1.54, 1.807) is 0 Å². The summed E-state index contributed by atoms with van der Waals surface area (Å²) in [6, 6.07) is 13.5. The van der Waals surface area contributed by atoms with E-state index in [0.29, 0.717) is 5.89 Å². The van der Waals surface area contributed by atoms with Crippen molar-refractivity contribution in [2.24, 2.45) is 0 Å². The Morgan fingerprint density at radius 3 is 2.78 bits per heavy atom. The van der Waals surface area contributed by atoms with Crippen molar-refractivity contribution in [2.75, 3.05) is 5.32 Å². The van der Waals surface area contributed by atoms with Gasteiger partial charge in [0.2, 0.25) is 5.91 Å². The molecule has 1 N–H and O–H groups in total. The van der Waals surface area contributed by atoms with E-state index in [4.69, 9.17) is 21.4 Å². The van der Waals surface area contributed by atoms with Crippen molar-refractivity contribution in [3.05, 3.63) is 67.9 Å². The Hall–Kier alpha value is -2.20. The third-order valence-corrected chi connectivity index (χ3v) is 4.81. The second-order valence-corrected chi connectivity index (χ2v) is 7.58. The van der Waals surface area contributed by atoms with E-state index in [9.17, 15) is 4.79 Å². The van der Waals surface area contributed by atoms with Crippen LogP contribution in [-0.4, -0.2) is 15.7 Å². The highest BCUT2D eigenvalue weighted by Gasteiger charge is 2.12. The van der Waals surface area contributed by atoms with Gasteiger partial charge in [-0.15, -0.1) is 5.10 Å². The molecule has 0 fully saturated rings. The molecule has 0 aliphatic rings. The fraction of sp³-hybridized carbons (Fsp3) is 0.211. The fourth-order valence-electron chi connectivity index (χ4n) is 2.46. The van der Waals surface area contributed by atoms with Crippen LogP contribution in [0, 0.1) is 22.3 Å². The number of para-hydroxylation sites is 1. The minimum Gasteiger partial charge on any atom is -0.484 e. The number of carbonyl (C=O) groups excluding carboxylic acids is 1. The predicted octanol–water partition coefficient (Wildman–Crippen LogP) is 4.64. The van der Waals surface area contributed by atoms with Gasteiger partial charge in [0.1, 0.15) is 12.3 Å². The average Bonchev–Trinajstić information content (AvgIpc) is 2.96. The summed E-state index contributed by atoms with van der Waals surface area (Å²) in [5, 5.41) is 7.10. The Morgan fingerprint density at radius 1 is 1.26 bits per heavy atom. The molecule has 27 heavy (non-hydrogen) atoms. The molecular weight excluding hydrogens is 477 g/mol. The van der Waals surface area contributed by atoms with Gasteiger partial charge in [-0.1, -0.05) is 18.2 Å². The molecule has 1 aromatic heterocycles. The molecule has 0 radical (unpaired) electrons. The number of benzene rings is 2. The summed E-state index contributed by atoms with van der Waals surface area (Å²) in [7, 11) is 0. The first-order valence-corrected chi connectivity index (χ1v) is 9.72. The molecule has 8 heteroatoms. The largest absolute Gasteiger partial charge is 0.484 e. The summed E-state index contributed by atoms with van der Waals surface area (Å²) in [5.74, 6) is 0.844. The third kappa shape index (κ3) is 5.16. The van der Waals surface area contributed by atoms with Gasteiger partial charge in [0.15, 0.2) is 6.61 Å². The molecule has 2 aromatic carbocycles. The van der Waals surface area contributed by atoms with Gasteiger partial charge < -0.3 is 14.5 Å². The highest BCUT2D eigenvalue weighted by Crippen LogP contribution is 2.19. The van der Waals surface area contributed by atoms with Crippen molar-refractivity contribution in [3.63, 3.8) is 0 Å². The topological polar surface area (TPSA) is 69.3 Å². The Kier molecular flexibility index (Phi) is 6.27. The van der Waals surface area contributed by atoms with Crippen LogP contribution >= 0.6 is 34.8 Å². The fourth-order valence-corrected chi connectivity index (χ4v) is 3.31. The lowest BCUT2D eigenvalue weighted by atomic mass is 10.2. The Labute approximate surface area is 175 Å². The Balaban J connectivity index is 1.63. The Morgan fingerprint density at radius 2 is 2.04 bits per heavy atom. The molecule has 0 spiro atoms. The highest BCUT2D eigenvalue weighted by molar-refractivity contribution is 14.1. The minimum atomic E-state index is -0.227. The molecule has 0 aliphatic heterocycles. The number of aromatic nitrogens is 2. The number of anilines is 1. The van der Waals surface area contributed by atoms with Gasteiger partial charge in [0.25, 0.3) is 10.7 Å². The molecule has 0 aliphatic carbocycles. The smallest absolute Gasteiger partial charge is 0.287 e. The van der Waals surface area contributed by atoms with Crippen LogP contribution in [0.5, 0.6) is 5.75 Å². The van der Waals surface area contributed by atoms with E-state index in [1.807, 2.05) is 56.3 Å². The molecule has 3 aromatic rings. The highest BCUT2D eigenvalue weighted by atomic mass is 127. The van der Waals surface area contributed by atoms with Gasteiger partial charge in [-0.3, -0.25) is 4.79 Å². The summed E-state index contributed by atoms with van der Waals surface area (Å²) in [6.45, 7) is 4.01. The molecule has 0 saturated carbocycles. The van der Waals surface area contributed by atoms with Gasteiger partial charge in [0, 0.05) is 9.26 Å². The molecule has 1 amide bonds. The van der Waals surface area contributed by atoms with E-state index in [-0.39, 0.29) is 23.9 Å². The Bertz CT molecular complexity index is 1030. The molecule has 0 saturated heterocycles. The summed E-state index contributed by atoms with van der Waals surface area (Å²) >= 11 is 7.38. The second-order valence-electron chi connectivity index (χ2n) is 5.98. The van der Waals surface area contributed by atoms with E-state index < -0.39 is 0 Å². The SMILES string of the molecule is Cc1cc(I)ccc1NC(=O)Cn1nc(COc2ccccc2C)oc1=S. The first kappa shape index (κ1) is 19.6. The lowest BCUT2D eigenvalue weighted by molar-refractivity contribution is -0.117. The molecule has 3 rings (SSSR count). The number of rotatable bonds is 6. The molecule has 6 nitrogen and oxygen atoms in total. The van der Waals surface area contributed by atoms with E-state index >= 15 is 0 Å². The molecule has 0 unspecified atom stereocenters. The zero-order chi connectivity index (χ0) is 19.4. The molecule has 0 atom stereocenters. The number of aryl methyl sites for hydroxylation is 2. The molecule has 0 bridgehead atoms. The van der Waals surface area contributed by atoms with Crippen LogP contribution in [0.2, 0.25) is 0 Å². The standard InChI is InChI=1S/C19H18IN3O3S/c1-12-5-3-4-6-16(12)25-11-18-22-23(19(27)26-18)10-17(24)21-15-8-7-14(20)9-13(15)2/h3-9H,10-11H2,1-2H3,(H,21,24). The third-order valence-electron chi connectivity index (χ3n) is 3.85. The van der Waals surface area contributed by atoms with E-state index in [1.165, 1.54) is 4.68 Å². The minimum absolute atomic E-state index is 0.0296. The average molecular weight is 495 g/mol. The van der Waals surface area contributed by atoms with E-state index in [0.717, 1.165) is 26.1 Å². The zero-order valence-corrected chi connectivity index (χ0v) is 17.8. The number of ether oxygens (including phenoxy) is 1. The first-order chi connectivity index (χ1) is 12.9. The summed E-state index contributed by atoms with van der Waals surface area (Å²) < 4.78 is 13.6.